The molecule has 1 rings (SSSR count). The second-order valence-electron chi connectivity index (χ2n) is 11.6. The van der Waals surface area contributed by atoms with Gasteiger partial charge in [0.1, 0.15) is 42.5 Å². The van der Waals surface area contributed by atoms with Gasteiger partial charge in [-0.25, -0.2) is 4.99 Å². The summed E-state index contributed by atoms with van der Waals surface area (Å²) in [6.07, 6.45) is -4.34. The third kappa shape index (κ3) is 16.8. The van der Waals surface area contributed by atoms with Crippen molar-refractivity contribution in [1.82, 2.24) is 41.8 Å². The van der Waals surface area contributed by atoms with Crippen LogP contribution in [0.15, 0.2) is 4.99 Å². The number of rotatable bonds is 16. The minimum Gasteiger partial charge on any atom is -0.394 e. The Bertz CT molecular complexity index is 1170. The van der Waals surface area contributed by atoms with Crippen molar-refractivity contribution in [2.75, 3.05) is 39.3 Å². The van der Waals surface area contributed by atoms with Crippen LogP contribution < -0.4 is 26.6 Å². The first-order chi connectivity index (χ1) is 23.5. The molecular formula is C28H51N9O13. The normalized spacial score (nSPS) is 22.5. The van der Waals surface area contributed by atoms with E-state index in [-0.39, 0.29) is 58.2 Å². The number of hydrogen-bond donors (Lipinski definition) is 12. The maximum atomic E-state index is 13.5. The number of hydroxylamine groups is 6. The Morgan fingerprint density at radius 3 is 1.62 bits per heavy atom. The number of amides is 6. The maximum absolute atomic E-state index is 13.5. The Morgan fingerprint density at radius 2 is 1.12 bits per heavy atom. The van der Waals surface area contributed by atoms with Crippen molar-refractivity contribution in [3.05, 3.63) is 0 Å². The van der Waals surface area contributed by atoms with Crippen LogP contribution in [0.25, 0.3) is 0 Å². The van der Waals surface area contributed by atoms with Gasteiger partial charge in [0, 0.05) is 19.6 Å². The Balaban J connectivity index is 3.52. The molecule has 0 spiro atoms. The van der Waals surface area contributed by atoms with E-state index in [1.165, 1.54) is 20.8 Å². The predicted molar refractivity (Wildman–Crippen MR) is 170 cm³/mol. The van der Waals surface area contributed by atoms with Crippen molar-refractivity contribution in [2.24, 2.45) is 4.99 Å². The van der Waals surface area contributed by atoms with Crippen molar-refractivity contribution in [1.29, 1.82) is 0 Å². The highest BCUT2D eigenvalue weighted by atomic mass is 16.5. The third-order valence-electron chi connectivity index (χ3n) is 7.30. The van der Waals surface area contributed by atoms with E-state index in [2.05, 4.69) is 31.6 Å². The molecule has 0 saturated heterocycles. The molecule has 12 N–H and O–H groups in total. The van der Waals surface area contributed by atoms with Crippen LogP contribution in [0.2, 0.25) is 0 Å². The fourth-order valence-corrected chi connectivity index (χ4v) is 4.35. The monoisotopic (exact) mass is 721 g/mol. The van der Waals surface area contributed by atoms with Crippen molar-refractivity contribution in [3.8, 4) is 0 Å². The Morgan fingerprint density at radius 1 is 0.660 bits per heavy atom. The number of hydrogen-bond acceptors (Lipinski definition) is 16. The molecule has 6 atom stereocenters. The van der Waals surface area contributed by atoms with Gasteiger partial charge >= 0.3 is 0 Å². The predicted octanol–water partition coefficient (Wildman–Crippen LogP) is -4.92. The summed E-state index contributed by atoms with van der Waals surface area (Å²) in [6.45, 7) is 1.08. The first-order valence-electron chi connectivity index (χ1n) is 16.0. The average molecular weight is 722 g/mol. The molecule has 0 radical (unpaired) electrons. The smallest absolute Gasteiger partial charge is 0.268 e. The molecule has 22 nitrogen and oxygen atoms in total. The zero-order valence-corrected chi connectivity index (χ0v) is 28.3. The summed E-state index contributed by atoms with van der Waals surface area (Å²) >= 11 is 0. The molecule has 0 saturated carbocycles. The van der Waals surface area contributed by atoms with Crippen LogP contribution in [0.4, 0.5) is 0 Å². The van der Waals surface area contributed by atoms with E-state index in [0.717, 1.165) is 0 Å². The van der Waals surface area contributed by atoms with Gasteiger partial charge in [0.15, 0.2) is 0 Å². The van der Waals surface area contributed by atoms with Crippen LogP contribution in [0.1, 0.15) is 59.3 Å². The molecule has 1 aliphatic heterocycles. The van der Waals surface area contributed by atoms with Gasteiger partial charge in [0.2, 0.25) is 23.6 Å². The van der Waals surface area contributed by atoms with Gasteiger partial charge in [-0.05, 0) is 59.3 Å². The van der Waals surface area contributed by atoms with Gasteiger partial charge in [-0.1, -0.05) is 0 Å². The molecule has 6 amide bonds. The summed E-state index contributed by atoms with van der Waals surface area (Å²) in [5, 5.41) is 81.0. The lowest BCUT2D eigenvalue weighted by Crippen LogP contribution is -2.55. The summed E-state index contributed by atoms with van der Waals surface area (Å²) in [5.41, 5.74) is -0.433. The third-order valence-corrected chi connectivity index (χ3v) is 7.30. The number of nitrogens with zero attached hydrogens (tertiary/aromatic N) is 4. The Labute approximate surface area is 288 Å². The summed E-state index contributed by atoms with van der Waals surface area (Å²) in [6, 6.07) is -4.37. The highest BCUT2D eigenvalue weighted by Gasteiger charge is 2.29. The Kier molecular flexibility index (Phi) is 20.3. The van der Waals surface area contributed by atoms with E-state index in [9.17, 15) is 64.8 Å². The number of aliphatic hydroxyl groups excluding tert-OH is 4. The van der Waals surface area contributed by atoms with Gasteiger partial charge in [0.05, 0.1) is 19.7 Å². The van der Waals surface area contributed by atoms with E-state index in [0.29, 0.717) is 15.2 Å². The molecule has 0 bridgehead atoms. The molecule has 50 heavy (non-hydrogen) atoms. The van der Waals surface area contributed by atoms with Crippen LogP contribution in [0, 0.1) is 0 Å². The van der Waals surface area contributed by atoms with E-state index in [4.69, 9.17) is 0 Å². The van der Waals surface area contributed by atoms with Crippen LogP contribution >= 0.6 is 0 Å². The van der Waals surface area contributed by atoms with Crippen molar-refractivity contribution in [2.45, 2.75) is 96.1 Å². The van der Waals surface area contributed by atoms with E-state index >= 15 is 0 Å². The van der Waals surface area contributed by atoms with Crippen LogP contribution in [-0.2, 0) is 28.8 Å². The van der Waals surface area contributed by atoms with E-state index in [1.54, 1.807) is 0 Å². The van der Waals surface area contributed by atoms with Gasteiger partial charge < -0.3 is 62.6 Å². The second-order valence-corrected chi connectivity index (χ2v) is 11.6. The minimum atomic E-state index is -1.53. The van der Waals surface area contributed by atoms with Crippen LogP contribution in [0.3, 0.4) is 0 Å². The molecule has 0 aromatic carbocycles. The first-order valence-corrected chi connectivity index (χ1v) is 16.0. The summed E-state index contributed by atoms with van der Waals surface area (Å²) in [5.74, 6) is -5.72. The van der Waals surface area contributed by atoms with Gasteiger partial charge in [-0.15, -0.1) is 0 Å². The fraction of sp³-hybridized carbons (Fsp3) is 0.750. The zero-order valence-electron chi connectivity index (χ0n) is 28.3. The highest BCUT2D eigenvalue weighted by Crippen LogP contribution is 2.09. The zero-order chi connectivity index (χ0) is 38.0. The average Bonchev–Trinajstić information content (AvgIpc) is 3.05. The Hall–Kier alpha value is -3.71. The van der Waals surface area contributed by atoms with Crippen molar-refractivity contribution in [3.63, 3.8) is 0 Å². The largest absolute Gasteiger partial charge is 0.394 e. The number of aliphatic imine (C=N–C) groups is 1. The second kappa shape index (κ2) is 22.9. The molecule has 286 valence electrons. The number of nitrogens with one attached hydrogen (secondary N) is 5. The van der Waals surface area contributed by atoms with E-state index < -0.39 is 97.7 Å². The van der Waals surface area contributed by atoms with Gasteiger partial charge in [-0.2, -0.15) is 15.2 Å². The SMILES string of the molecule is CC(O)N(O)CCCC1=NC(=O)C(CCCN(O)C(C)O)NC(=O)C(CCCN(O)C(C)O)NC(=O)CNC(=O)C(CO)NC(=O)CNC1=O. The quantitative estimate of drug-likeness (QED) is 0.0525. The van der Waals surface area contributed by atoms with Crippen LogP contribution in [0.5, 0.6) is 0 Å². The number of aliphatic hydroxyl groups is 4. The van der Waals surface area contributed by atoms with Crippen molar-refractivity contribution < 1.29 is 64.8 Å². The molecular weight excluding hydrogens is 670 g/mol. The highest BCUT2D eigenvalue weighted by molar-refractivity contribution is 6.40. The standard InChI is InChI=1S/C28H51N9O13/c1-16(39)35(48)10-4-7-19-25(44)29-14-24(43)32-22(15-38)26(45)30-13-23(42)31-20(8-5-11-36(49)17(2)40)27(46)34-21(28(47)33-19)9-6-12-37(50)18(3)41/h16-18,20-22,38-41,48-50H,4-15H2,1-3H3,(H,29,44)(H,30,45)(H,31,42)(H,32,43)(H,34,46). The summed E-state index contributed by atoms with van der Waals surface area (Å²) in [7, 11) is 0. The topological polar surface area (TPSA) is 326 Å². The van der Waals surface area contributed by atoms with Crippen molar-refractivity contribution >= 4 is 41.2 Å². The molecule has 0 aliphatic carbocycles. The molecule has 0 aromatic rings. The summed E-state index contributed by atoms with van der Waals surface area (Å²) in [4.78, 5) is 81.9. The molecule has 0 fully saturated rings. The number of carbonyl (C=O) groups excluding carboxylic acids is 6. The van der Waals surface area contributed by atoms with Gasteiger partial charge in [0.25, 0.3) is 11.8 Å². The lowest BCUT2D eigenvalue weighted by molar-refractivity contribution is -0.189. The van der Waals surface area contributed by atoms with Crippen LogP contribution in [-0.4, -0.2) is 169 Å². The van der Waals surface area contributed by atoms with E-state index in [1.807, 2.05) is 0 Å². The molecule has 1 aliphatic rings. The summed E-state index contributed by atoms with van der Waals surface area (Å²) < 4.78 is 0. The number of carbonyl (C=O) groups is 6. The molecule has 22 heteroatoms. The first kappa shape index (κ1) is 44.3. The fourth-order valence-electron chi connectivity index (χ4n) is 4.35. The van der Waals surface area contributed by atoms with Gasteiger partial charge in [-0.3, -0.25) is 28.8 Å². The maximum Gasteiger partial charge on any atom is 0.268 e. The minimum absolute atomic E-state index is 0.00606. The molecule has 6 unspecified atom stereocenters. The lowest BCUT2D eigenvalue weighted by Gasteiger charge is -2.24. The molecule has 0 aromatic heterocycles. The lowest BCUT2D eigenvalue weighted by atomic mass is 10.1. The molecule has 1 heterocycles.